The second-order valence-corrected chi connectivity index (χ2v) is 8.35. The maximum atomic E-state index is 11.9. The summed E-state index contributed by atoms with van der Waals surface area (Å²) in [4.78, 5) is 11.9. The molecule has 0 spiro atoms. The van der Waals surface area contributed by atoms with Crippen molar-refractivity contribution in [1.82, 2.24) is 0 Å². The van der Waals surface area contributed by atoms with Gasteiger partial charge >= 0.3 is 5.97 Å². The van der Waals surface area contributed by atoms with Crippen LogP contribution in [0.2, 0.25) is 0 Å². The highest BCUT2D eigenvalue weighted by molar-refractivity contribution is 5.95. The standard InChI is InChI=1S/C23H30O5/c1-14(2)7-5-8-15(3)9-6-10-23(4)20(24)12-17-19(28-23)11-16-18(21(17)25)13-27-22(16)26/h7,9,11,20,24-25H,5-6,8,10,12-13H2,1-4H3/b15-9+/t20-,23+/m1/s1. The Balaban J connectivity index is 1.70. The molecule has 0 aliphatic carbocycles. The third kappa shape index (κ3) is 4.09. The Labute approximate surface area is 166 Å². The second kappa shape index (κ2) is 8.00. The van der Waals surface area contributed by atoms with E-state index in [1.165, 1.54) is 11.1 Å². The number of rotatable bonds is 6. The molecule has 0 bridgehead atoms. The minimum Gasteiger partial charge on any atom is -0.507 e. The largest absolute Gasteiger partial charge is 0.507 e. The fraction of sp³-hybridized carbons (Fsp3) is 0.522. The molecular formula is C23H30O5. The van der Waals surface area contributed by atoms with Gasteiger partial charge in [-0.1, -0.05) is 23.3 Å². The molecule has 0 amide bonds. The molecule has 2 aliphatic heterocycles. The number of phenolic OH excluding ortho intramolecular Hbond substituents is 1. The van der Waals surface area contributed by atoms with Gasteiger partial charge in [-0.2, -0.15) is 0 Å². The van der Waals surface area contributed by atoms with Crippen molar-refractivity contribution in [3.05, 3.63) is 46.1 Å². The van der Waals surface area contributed by atoms with E-state index in [9.17, 15) is 15.0 Å². The van der Waals surface area contributed by atoms with E-state index in [0.717, 1.165) is 19.3 Å². The zero-order chi connectivity index (χ0) is 20.5. The van der Waals surface area contributed by atoms with Gasteiger partial charge in [-0.25, -0.2) is 4.79 Å². The summed E-state index contributed by atoms with van der Waals surface area (Å²) in [5.74, 6) is 0.0288. The lowest BCUT2D eigenvalue weighted by Gasteiger charge is -2.40. The second-order valence-electron chi connectivity index (χ2n) is 8.35. The van der Waals surface area contributed by atoms with Crippen molar-refractivity contribution in [2.45, 2.75) is 78.1 Å². The van der Waals surface area contributed by atoms with E-state index in [1.807, 2.05) is 6.92 Å². The molecule has 1 aromatic rings. The summed E-state index contributed by atoms with van der Waals surface area (Å²) in [5.41, 5.74) is 3.27. The number of cyclic esters (lactones) is 1. The number of fused-ring (bicyclic) bond motifs is 2. The molecule has 28 heavy (non-hydrogen) atoms. The summed E-state index contributed by atoms with van der Waals surface area (Å²) < 4.78 is 11.1. The van der Waals surface area contributed by atoms with Crippen LogP contribution in [0, 0.1) is 0 Å². The lowest BCUT2D eigenvalue weighted by Crippen LogP contribution is -2.49. The van der Waals surface area contributed by atoms with Crippen LogP contribution < -0.4 is 4.74 Å². The van der Waals surface area contributed by atoms with Gasteiger partial charge in [-0.15, -0.1) is 0 Å². The van der Waals surface area contributed by atoms with E-state index in [0.29, 0.717) is 35.3 Å². The van der Waals surface area contributed by atoms with E-state index in [4.69, 9.17) is 9.47 Å². The third-order valence-corrected chi connectivity index (χ3v) is 5.71. The topological polar surface area (TPSA) is 76.0 Å². The van der Waals surface area contributed by atoms with Gasteiger partial charge in [0.25, 0.3) is 0 Å². The predicted molar refractivity (Wildman–Crippen MR) is 108 cm³/mol. The smallest absolute Gasteiger partial charge is 0.339 e. The van der Waals surface area contributed by atoms with Crippen molar-refractivity contribution in [3.63, 3.8) is 0 Å². The van der Waals surface area contributed by atoms with E-state index in [1.54, 1.807) is 6.07 Å². The van der Waals surface area contributed by atoms with Crippen LogP contribution >= 0.6 is 0 Å². The molecule has 2 N–H and O–H groups in total. The Morgan fingerprint density at radius 3 is 2.71 bits per heavy atom. The number of esters is 1. The highest BCUT2D eigenvalue weighted by Crippen LogP contribution is 2.44. The molecule has 3 rings (SSSR count). The first-order valence-corrected chi connectivity index (χ1v) is 9.92. The molecule has 0 unspecified atom stereocenters. The van der Waals surface area contributed by atoms with Crippen LogP contribution in [0.1, 0.15) is 74.9 Å². The zero-order valence-corrected chi connectivity index (χ0v) is 17.2. The Bertz CT molecular complexity index is 832. The van der Waals surface area contributed by atoms with Gasteiger partial charge in [-0.3, -0.25) is 0 Å². The van der Waals surface area contributed by atoms with Crippen LogP contribution in [-0.2, 0) is 17.8 Å². The fourth-order valence-corrected chi connectivity index (χ4v) is 3.81. The van der Waals surface area contributed by atoms with Gasteiger partial charge in [0.2, 0.25) is 0 Å². The molecule has 0 saturated heterocycles. The normalized spacial score (nSPS) is 23.5. The average molecular weight is 386 g/mol. The summed E-state index contributed by atoms with van der Waals surface area (Å²) in [6, 6.07) is 1.64. The fourth-order valence-electron chi connectivity index (χ4n) is 3.81. The first-order chi connectivity index (χ1) is 13.2. The lowest BCUT2D eigenvalue weighted by molar-refractivity contribution is -0.0593. The lowest BCUT2D eigenvalue weighted by atomic mass is 9.84. The molecule has 0 aromatic heterocycles. The van der Waals surface area contributed by atoms with Crippen LogP contribution in [0.5, 0.6) is 11.5 Å². The highest BCUT2D eigenvalue weighted by Gasteiger charge is 2.42. The number of hydrogen-bond acceptors (Lipinski definition) is 5. The number of phenols is 1. The van der Waals surface area contributed by atoms with Crippen molar-refractivity contribution in [2.75, 3.05) is 0 Å². The minimum atomic E-state index is -0.771. The number of ether oxygens (including phenoxy) is 2. The molecule has 0 saturated carbocycles. The predicted octanol–water partition coefficient (Wildman–Crippen LogP) is 4.59. The summed E-state index contributed by atoms with van der Waals surface area (Å²) in [7, 11) is 0. The number of carbonyl (C=O) groups excluding carboxylic acids is 1. The minimum absolute atomic E-state index is 0.00876. The van der Waals surface area contributed by atoms with E-state index in [-0.39, 0.29) is 12.4 Å². The van der Waals surface area contributed by atoms with Crippen LogP contribution in [0.3, 0.4) is 0 Å². The molecule has 5 heteroatoms. The van der Waals surface area contributed by atoms with Gasteiger partial charge in [0.05, 0.1) is 11.7 Å². The molecular weight excluding hydrogens is 356 g/mol. The van der Waals surface area contributed by atoms with Crippen LogP contribution in [0.4, 0.5) is 0 Å². The highest BCUT2D eigenvalue weighted by atomic mass is 16.5. The average Bonchev–Trinajstić information content (AvgIpc) is 2.98. The van der Waals surface area contributed by atoms with Gasteiger partial charge in [0.1, 0.15) is 23.7 Å². The molecule has 152 valence electrons. The number of allylic oxidation sites excluding steroid dienone is 4. The monoisotopic (exact) mass is 386 g/mol. The number of hydrogen-bond donors (Lipinski definition) is 2. The number of benzene rings is 1. The summed E-state index contributed by atoms with van der Waals surface area (Å²) in [5, 5.41) is 21.2. The maximum absolute atomic E-state index is 11.9. The van der Waals surface area contributed by atoms with Crippen LogP contribution in [-0.4, -0.2) is 27.9 Å². The maximum Gasteiger partial charge on any atom is 0.339 e. The Morgan fingerprint density at radius 1 is 1.25 bits per heavy atom. The molecule has 2 aliphatic rings. The molecule has 0 fully saturated rings. The van der Waals surface area contributed by atoms with Gasteiger partial charge in [0.15, 0.2) is 0 Å². The Hall–Kier alpha value is -2.27. The number of aromatic hydroxyl groups is 1. The van der Waals surface area contributed by atoms with Crippen LogP contribution in [0.25, 0.3) is 0 Å². The van der Waals surface area contributed by atoms with Gasteiger partial charge in [0, 0.05) is 17.5 Å². The van der Waals surface area contributed by atoms with Crippen molar-refractivity contribution in [1.29, 1.82) is 0 Å². The van der Waals surface area contributed by atoms with Crippen molar-refractivity contribution in [3.8, 4) is 11.5 Å². The van der Waals surface area contributed by atoms with Crippen molar-refractivity contribution < 1.29 is 24.5 Å². The van der Waals surface area contributed by atoms with Crippen molar-refractivity contribution >= 4 is 5.97 Å². The summed E-state index contributed by atoms with van der Waals surface area (Å²) in [6.07, 6.45) is 7.50. The van der Waals surface area contributed by atoms with E-state index < -0.39 is 17.7 Å². The molecule has 0 radical (unpaired) electrons. The summed E-state index contributed by atoms with van der Waals surface area (Å²) in [6.45, 7) is 8.29. The molecule has 1 aromatic carbocycles. The van der Waals surface area contributed by atoms with Gasteiger partial charge in [-0.05, 0) is 59.4 Å². The quantitative estimate of drug-likeness (QED) is 0.552. The first kappa shape index (κ1) is 20.5. The first-order valence-electron chi connectivity index (χ1n) is 9.92. The molecule has 2 atom stereocenters. The van der Waals surface area contributed by atoms with Crippen LogP contribution in [0.15, 0.2) is 29.4 Å². The molecule has 5 nitrogen and oxygen atoms in total. The summed E-state index contributed by atoms with van der Waals surface area (Å²) >= 11 is 0. The molecule has 2 heterocycles. The number of carbonyl (C=O) groups is 1. The SMILES string of the molecule is CC(C)=CCC/C(C)=C/CC[C@]1(C)Oc2cc3c(c(O)c2C[C@H]1O)COC3=O. The van der Waals surface area contributed by atoms with E-state index in [2.05, 4.69) is 32.9 Å². The Kier molecular flexibility index (Phi) is 5.84. The Morgan fingerprint density at radius 2 is 2.00 bits per heavy atom. The number of aliphatic hydroxyl groups excluding tert-OH is 1. The van der Waals surface area contributed by atoms with Gasteiger partial charge < -0.3 is 19.7 Å². The number of aliphatic hydroxyl groups is 1. The third-order valence-electron chi connectivity index (χ3n) is 5.71. The van der Waals surface area contributed by atoms with E-state index >= 15 is 0 Å². The zero-order valence-electron chi connectivity index (χ0n) is 17.2. The van der Waals surface area contributed by atoms with Crippen molar-refractivity contribution in [2.24, 2.45) is 0 Å².